The molecule has 0 radical (unpaired) electrons. The van der Waals surface area contributed by atoms with Crippen molar-refractivity contribution in [1.82, 2.24) is 15.0 Å². The fraction of sp³-hybridized carbons (Fsp3) is 0.231. The van der Waals surface area contributed by atoms with Gasteiger partial charge < -0.3 is 5.11 Å². The molecule has 2 heterocycles. The zero-order chi connectivity index (χ0) is 13.1. The third-order valence-electron chi connectivity index (χ3n) is 2.74. The smallest absolute Gasteiger partial charge is 0.339 e. The molecule has 0 aliphatic carbocycles. The molecule has 0 unspecified atom stereocenters. The molecule has 2 aromatic heterocycles. The van der Waals surface area contributed by atoms with Crippen molar-refractivity contribution >= 4 is 5.97 Å². The van der Waals surface area contributed by atoms with Crippen molar-refractivity contribution < 1.29 is 9.90 Å². The quantitative estimate of drug-likeness (QED) is 0.893. The zero-order valence-corrected chi connectivity index (χ0v) is 10.2. The summed E-state index contributed by atoms with van der Waals surface area (Å²) in [6, 6.07) is 1.84. The normalized spacial score (nSPS) is 10.3. The standard InChI is InChI=1S/C13H13N3O2/c1-3-9-6-14-5-4-10(9)12-15-7-11(13(17)18)8(2)16-12/h4-7H,3H2,1-2H3,(H,17,18). The molecule has 0 aliphatic rings. The van der Waals surface area contributed by atoms with Crippen molar-refractivity contribution in [3.63, 3.8) is 0 Å². The lowest BCUT2D eigenvalue weighted by Gasteiger charge is -2.07. The van der Waals surface area contributed by atoms with Gasteiger partial charge in [0.2, 0.25) is 0 Å². The largest absolute Gasteiger partial charge is 0.478 e. The Hall–Kier alpha value is -2.30. The van der Waals surface area contributed by atoms with Crippen molar-refractivity contribution in [3.8, 4) is 11.4 Å². The molecule has 1 N–H and O–H groups in total. The molecular formula is C13H13N3O2. The molecule has 0 aromatic carbocycles. The second-order valence-electron chi connectivity index (χ2n) is 3.88. The van der Waals surface area contributed by atoms with Gasteiger partial charge in [-0.15, -0.1) is 0 Å². The molecule has 5 nitrogen and oxygen atoms in total. The highest BCUT2D eigenvalue weighted by Crippen LogP contribution is 2.20. The van der Waals surface area contributed by atoms with Crippen LogP contribution >= 0.6 is 0 Å². The number of rotatable bonds is 3. The maximum atomic E-state index is 10.9. The highest BCUT2D eigenvalue weighted by molar-refractivity contribution is 5.88. The zero-order valence-electron chi connectivity index (χ0n) is 10.2. The molecule has 0 saturated heterocycles. The monoisotopic (exact) mass is 243 g/mol. The van der Waals surface area contributed by atoms with Crippen LogP contribution in [0.4, 0.5) is 0 Å². The van der Waals surface area contributed by atoms with Gasteiger partial charge in [0, 0.05) is 24.2 Å². The minimum absolute atomic E-state index is 0.130. The van der Waals surface area contributed by atoms with E-state index in [1.54, 1.807) is 19.3 Å². The minimum atomic E-state index is -1.01. The van der Waals surface area contributed by atoms with Crippen LogP contribution in [-0.4, -0.2) is 26.0 Å². The van der Waals surface area contributed by atoms with Crippen molar-refractivity contribution in [2.75, 3.05) is 0 Å². The number of pyridine rings is 1. The molecule has 2 aromatic rings. The maximum absolute atomic E-state index is 10.9. The first-order valence-corrected chi connectivity index (χ1v) is 5.63. The van der Waals surface area contributed by atoms with E-state index in [-0.39, 0.29) is 5.56 Å². The predicted octanol–water partition coefficient (Wildman–Crippen LogP) is 2.11. The molecular weight excluding hydrogens is 230 g/mol. The van der Waals surface area contributed by atoms with E-state index in [1.807, 2.05) is 13.0 Å². The maximum Gasteiger partial charge on any atom is 0.339 e. The topological polar surface area (TPSA) is 76.0 Å². The van der Waals surface area contributed by atoms with Gasteiger partial charge in [-0.2, -0.15) is 0 Å². The Bertz CT molecular complexity index is 597. The Kier molecular flexibility index (Phi) is 3.32. The molecule has 0 atom stereocenters. The summed E-state index contributed by atoms with van der Waals surface area (Å²) in [5.41, 5.74) is 2.53. The van der Waals surface area contributed by atoms with Crippen LogP contribution in [0.1, 0.15) is 28.5 Å². The van der Waals surface area contributed by atoms with Gasteiger partial charge in [0.1, 0.15) is 0 Å². The first-order valence-electron chi connectivity index (χ1n) is 5.63. The Morgan fingerprint density at radius 2 is 2.17 bits per heavy atom. The van der Waals surface area contributed by atoms with Crippen LogP contribution in [0.2, 0.25) is 0 Å². The van der Waals surface area contributed by atoms with Gasteiger partial charge in [0.15, 0.2) is 5.82 Å². The number of aromatic nitrogens is 3. The molecule has 92 valence electrons. The molecule has 0 saturated carbocycles. The van der Waals surface area contributed by atoms with E-state index in [4.69, 9.17) is 5.11 Å². The van der Waals surface area contributed by atoms with Gasteiger partial charge in [-0.05, 0) is 25.0 Å². The SMILES string of the molecule is CCc1cnccc1-c1ncc(C(=O)O)c(C)n1. The van der Waals surface area contributed by atoms with Crippen molar-refractivity contribution in [2.24, 2.45) is 0 Å². The summed E-state index contributed by atoms with van der Waals surface area (Å²) in [5, 5.41) is 8.94. The van der Waals surface area contributed by atoms with Gasteiger partial charge in [-0.1, -0.05) is 6.92 Å². The third kappa shape index (κ3) is 2.20. The number of nitrogens with zero attached hydrogens (tertiary/aromatic N) is 3. The van der Waals surface area contributed by atoms with Crippen LogP contribution in [0, 0.1) is 6.92 Å². The second kappa shape index (κ2) is 4.91. The Balaban J connectivity index is 2.52. The first kappa shape index (κ1) is 12.2. The number of hydrogen-bond donors (Lipinski definition) is 1. The van der Waals surface area contributed by atoms with Gasteiger partial charge in [-0.3, -0.25) is 4.98 Å². The molecule has 0 amide bonds. The van der Waals surface area contributed by atoms with Gasteiger partial charge in [0.05, 0.1) is 11.3 Å². The number of hydrogen-bond acceptors (Lipinski definition) is 4. The van der Waals surface area contributed by atoms with Crippen LogP contribution in [0.25, 0.3) is 11.4 Å². The van der Waals surface area contributed by atoms with E-state index in [2.05, 4.69) is 15.0 Å². The fourth-order valence-corrected chi connectivity index (χ4v) is 1.73. The Morgan fingerprint density at radius 1 is 1.39 bits per heavy atom. The van der Waals surface area contributed by atoms with E-state index in [0.717, 1.165) is 17.5 Å². The van der Waals surface area contributed by atoms with Gasteiger partial charge >= 0.3 is 5.97 Å². The average Bonchev–Trinajstić information content (AvgIpc) is 2.38. The van der Waals surface area contributed by atoms with Crippen LogP contribution in [0.3, 0.4) is 0 Å². The summed E-state index contributed by atoms with van der Waals surface area (Å²) in [4.78, 5) is 23.3. The molecule has 0 bridgehead atoms. The van der Waals surface area contributed by atoms with E-state index in [9.17, 15) is 4.79 Å². The van der Waals surface area contributed by atoms with E-state index in [0.29, 0.717) is 11.5 Å². The summed E-state index contributed by atoms with van der Waals surface area (Å²) in [6.45, 7) is 3.69. The van der Waals surface area contributed by atoms with E-state index in [1.165, 1.54) is 6.20 Å². The Labute approximate surface area is 105 Å². The third-order valence-corrected chi connectivity index (χ3v) is 2.74. The summed E-state index contributed by atoms with van der Waals surface area (Å²) in [6.07, 6.45) is 5.63. The molecule has 5 heteroatoms. The van der Waals surface area contributed by atoms with Crippen molar-refractivity contribution in [1.29, 1.82) is 0 Å². The molecule has 0 fully saturated rings. The molecule has 0 aliphatic heterocycles. The lowest BCUT2D eigenvalue weighted by atomic mass is 10.1. The Morgan fingerprint density at radius 3 is 2.78 bits per heavy atom. The summed E-state index contributed by atoms with van der Waals surface area (Å²) in [7, 11) is 0. The lowest BCUT2D eigenvalue weighted by molar-refractivity contribution is 0.0695. The molecule has 2 rings (SSSR count). The summed E-state index contributed by atoms with van der Waals surface area (Å²) >= 11 is 0. The van der Waals surface area contributed by atoms with Crippen LogP contribution in [0.15, 0.2) is 24.7 Å². The summed E-state index contributed by atoms with van der Waals surface area (Å²) in [5.74, 6) is -0.471. The molecule has 0 spiro atoms. The minimum Gasteiger partial charge on any atom is -0.478 e. The average molecular weight is 243 g/mol. The predicted molar refractivity (Wildman–Crippen MR) is 66.3 cm³/mol. The number of carboxylic acid groups (broad SMARTS) is 1. The highest BCUT2D eigenvalue weighted by atomic mass is 16.4. The first-order chi connectivity index (χ1) is 8.63. The van der Waals surface area contributed by atoms with Crippen LogP contribution in [-0.2, 0) is 6.42 Å². The van der Waals surface area contributed by atoms with E-state index >= 15 is 0 Å². The molecule has 18 heavy (non-hydrogen) atoms. The fourth-order valence-electron chi connectivity index (χ4n) is 1.73. The van der Waals surface area contributed by atoms with Gasteiger partial charge in [-0.25, -0.2) is 14.8 Å². The second-order valence-corrected chi connectivity index (χ2v) is 3.88. The van der Waals surface area contributed by atoms with Crippen molar-refractivity contribution in [2.45, 2.75) is 20.3 Å². The van der Waals surface area contributed by atoms with Crippen LogP contribution < -0.4 is 0 Å². The number of carboxylic acids is 1. The lowest BCUT2D eigenvalue weighted by Crippen LogP contribution is -2.05. The highest BCUT2D eigenvalue weighted by Gasteiger charge is 2.12. The number of carbonyl (C=O) groups is 1. The summed E-state index contributed by atoms with van der Waals surface area (Å²) < 4.78 is 0. The van der Waals surface area contributed by atoms with Crippen molar-refractivity contribution in [3.05, 3.63) is 41.5 Å². The number of aromatic carboxylic acids is 1. The van der Waals surface area contributed by atoms with Gasteiger partial charge in [0.25, 0.3) is 0 Å². The number of aryl methyl sites for hydroxylation is 2. The van der Waals surface area contributed by atoms with E-state index < -0.39 is 5.97 Å². The van der Waals surface area contributed by atoms with Crippen LogP contribution in [0.5, 0.6) is 0 Å².